The lowest BCUT2D eigenvalue weighted by Gasteiger charge is -2.32. The van der Waals surface area contributed by atoms with E-state index in [1.165, 1.54) is 0 Å². The standard InChI is InChI=1S/C16H19NO4/c1-2-3-7-20-11-4-5-13-12(9-11)16(6-8-21-13)10-14(18)17-15(16)19/h4-5,9H,2-3,6-8,10H2,1H3,(H,17,18,19). The summed E-state index contributed by atoms with van der Waals surface area (Å²) in [7, 11) is 0. The van der Waals surface area contributed by atoms with Gasteiger partial charge in [-0.25, -0.2) is 0 Å². The molecule has 0 aliphatic carbocycles. The van der Waals surface area contributed by atoms with Crippen molar-refractivity contribution in [1.82, 2.24) is 5.32 Å². The van der Waals surface area contributed by atoms with Crippen LogP contribution < -0.4 is 14.8 Å². The topological polar surface area (TPSA) is 64.6 Å². The van der Waals surface area contributed by atoms with Gasteiger partial charge in [0.25, 0.3) is 0 Å². The first-order chi connectivity index (χ1) is 10.2. The molecular formula is C16H19NO4. The smallest absolute Gasteiger partial charge is 0.238 e. The summed E-state index contributed by atoms with van der Waals surface area (Å²) in [5, 5.41) is 2.42. The number of amides is 2. The molecule has 0 saturated carbocycles. The molecule has 21 heavy (non-hydrogen) atoms. The lowest BCUT2D eigenvalue weighted by atomic mass is 9.74. The van der Waals surface area contributed by atoms with Crippen molar-refractivity contribution in [3.8, 4) is 11.5 Å². The number of nitrogens with one attached hydrogen (secondary N) is 1. The van der Waals surface area contributed by atoms with Crippen LogP contribution in [0, 0.1) is 0 Å². The summed E-state index contributed by atoms with van der Waals surface area (Å²) in [6.45, 7) is 3.20. The van der Waals surface area contributed by atoms with Crippen molar-refractivity contribution in [2.75, 3.05) is 13.2 Å². The van der Waals surface area contributed by atoms with Crippen LogP contribution >= 0.6 is 0 Å². The largest absolute Gasteiger partial charge is 0.494 e. The third kappa shape index (κ3) is 2.37. The molecule has 1 spiro atoms. The van der Waals surface area contributed by atoms with Crippen LogP contribution in [0.2, 0.25) is 0 Å². The van der Waals surface area contributed by atoms with Crippen LogP contribution in [0.4, 0.5) is 0 Å². The van der Waals surface area contributed by atoms with E-state index < -0.39 is 5.41 Å². The minimum Gasteiger partial charge on any atom is -0.494 e. The van der Waals surface area contributed by atoms with E-state index >= 15 is 0 Å². The van der Waals surface area contributed by atoms with E-state index in [1.807, 2.05) is 18.2 Å². The molecule has 1 fully saturated rings. The fourth-order valence-electron chi connectivity index (χ4n) is 2.97. The predicted molar refractivity (Wildman–Crippen MR) is 76.4 cm³/mol. The summed E-state index contributed by atoms with van der Waals surface area (Å²) in [4.78, 5) is 23.9. The molecule has 0 radical (unpaired) electrons. The number of benzene rings is 1. The first-order valence-electron chi connectivity index (χ1n) is 7.40. The molecule has 0 aromatic heterocycles. The summed E-state index contributed by atoms with van der Waals surface area (Å²) in [6, 6.07) is 5.53. The van der Waals surface area contributed by atoms with E-state index in [1.54, 1.807) is 0 Å². The van der Waals surface area contributed by atoms with Gasteiger partial charge < -0.3 is 9.47 Å². The van der Waals surface area contributed by atoms with Crippen molar-refractivity contribution < 1.29 is 19.1 Å². The van der Waals surface area contributed by atoms with E-state index in [9.17, 15) is 9.59 Å². The van der Waals surface area contributed by atoms with Gasteiger partial charge >= 0.3 is 0 Å². The zero-order valence-corrected chi connectivity index (χ0v) is 12.1. The molecule has 1 atom stereocenters. The Morgan fingerprint density at radius 2 is 2.24 bits per heavy atom. The van der Waals surface area contributed by atoms with Crippen LogP contribution in [0.5, 0.6) is 11.5 Å². The number of carbonyl (C=O) groups is 2. The minimum absolute atomic E-state index is 0.195. The molecule has 2 heterocycles. The Balaban J connectivity index is 1.94. The summed E-state index contributed by atoms with van der Waals surface area (Å²) in [6.07, 6.45) is 2.77. The van der Waals surface area contributed by atoms with Gasteiger partial charge in [0.1, 0.15) is 11.5 Å². The van der Waals surface area contributed by atoms with Crippen molar-refractivity contribution in [2.45, 2.75) is 38.0 Å². The minimum atomic E-state index is -0.783. The van der Waals surface area contributed by atoms with Gasteiger partial charge in [-0.15, -0.1) is 0 Å². The van der Waals surface area contributed by atoms with Crippen molar-refractivity contribution in [1.29, 1.82) is 0 Å². The SMILES string of the molecule is CCCCOc1ccc2c(c1)C1(CCO2)CC(=O)NC1=O. The van der Waals surface area contributed by atoms with Crippen LogP contribution in [-0.4, -0.2) is 25.0 Å². The van der Waals surface area contributed by atoms with Crippen LogP contribution in [0.15, 0.2) is 18.2 Å². The highest BCUT2D eigenvalue weighted by molar-refractivity contribution is 6.09. The first kappa shape index (κ1) is 13.9. The molecule has 5 nitrogen and oxygen atoms in total. The second-order valence-corrected chi connectivity index (χ2v) is 5.59. The number of unbranched alkanes of at least 4 members (excludes halogenated alkanes) is 1. The molecule has 1 aromatic carbocycles. The Labute approximate surface area is 123 Å². The average Bonchev–Trinajstić information content (AvgIpc) is 2.75. The zero-order valence-electron chi connectivity index (χ0n) is 12.1. The van der Waals surface area contributed by atoms with Crippen LogP contribution in [0.1, 0.15) is 38.2 Å². The third-order valence-corrected chi connectivity index (χ3v) is 4.17. The number of ether oxygens (including phenoxy) is 2. The summed E-state index contributed by atoms with van der Waals surface area (Å²) in [5.41, 5.74) is -0.0134. The monoisotopic (exact) mass is 289 g/mol. The molecule has 2 amide bonds. The molecule has 3 rings (SSSR count). The average molecular weight is 289 g/mol. The Hall–Kier alpha value is -2.04. The van der Waals surface area contributed by atoms with Gasteiger partial charge in [0, 0.05) is 18.4 Å². The van der Waals surface area contributed by atoms with Gasteiger partial charge in [0.05, 0.1) is 18.6 Å². The molecule has 112 valence electrons. The molecule has 1 saturated heterocycles. The number of carbonyl (C=O) groups excluding carboxylic acids is 2. The van der Waals surface area contributed by atoms with Crippen molar-refractivity contribution >= 4 is 11.8 Å². The van der Waals surface area contributed by atoms with Gasteiger partial charge in [-0.2, -0.15) is 0 Å². The van der Waals surface area contributed by atoms with E-state index in [0.717, 1.165) is 24.2 Å². The van der Waals surface area contributed by atoms with Gasteiger partial charge in [-0.05, 0) is 24.6 Å². The number of imide groups is 1. The van der Waals surface area contributed by atoms with E-state index in [2.05, 4.69) is 12.2 Å². The van der Waals surface area contributed by atoms with Gasteiger partial charge in [0.2, 0.25) is 11.8 Å². The van der Waals surface area contributed by atoms with E-state index in [0.29, 0.717) is 25.4 Å². The van der Waals surface area contributed by atoms with E-state index in [4.69, 9.17) is 9.47 Å². The third-order valence-electron chi connectivity index (χ3n) is 4.17. The molecular weight excluding hydrogens is 270 g/mol. The zero-order chi connectivity index (χ0) is 14.9. The fourth-order valence-corrected chi connectivity index (χ4v) is 2.97. The lowest BCUT2D eigenvalue weighted by Crippen LogP contribution is -2.39. The van der Waals surface area contributed by atoms with Gasteiger partial charge in [-0.3, -0.25) is 14.9 Å². The maximum atomic E-state index is 12.3. The maximum Gasteiger partial charge on any atom is 0.238 e. The summed E-state index contributed by atoms with van der Waals surface area (Å²) in [5.74, 6) is 0.959. The highest BCUT2D eigenvalue weighted by Crippen LogP contribution is 2.45. The quantitative estimate of drug-likeness (QED) is 0.679. The fraction of sp³-hybridized carbons (Fsp3) is 0.500. The molecule has 1 unspecified atom stereocenters. The van der Waals surface area contributed by atoms with Crippen molar-refractivity contribution in [3.05, 3.63) is 23.8 Å². The Morgan fingerprint density at radius 3 is 2.95 bits per heavy atom. The second-order valence-electron chi connectivity index (χ2n) is 5.59. The molecule has 1 N–H and O–H groups in total. The molecule has 0 bridgehead atoms. The molecule has 2 aliphatic rings. The number of rotatable bonds is 4. The molecule has 5 heteroatoms. The normalized spacial score (nSPS) is 23.7. The Morgan fingerprint density at radius 1 is 1.38 bits per heavy atom. The predicted octanol–water partition coefficient (Wildman–Crippen LogP) is 1.93. The van der Waals surface area contributed by atoms with Crippen LogP contribution in [0.3, 0.4) is 0 Å². The highest BCUT2D eigenvalue weighted by atomic mass is 16.5. The number of hydrogen-bond donors (Lipinski definition) is 1. The number of hydrogen-bond acceptors (Lipinski definition) is 4. The van der Waals surface area contributed by atoms with Gasteiger partial charge in [0.15, 0.2) is 0 Å². The summed E-state index contributed by atoms with van der Waals surface area (Å²) >= 11 is 0. The van der Waals surface area contributed by atoms with Crippen LogP contribution in [-0.2, 0) is 15.0 Å². The van der Waals surface area contributed by atoms with Crippen molar-refractivity contribution in [2.24, 2.45) is 0 Å². The molecule has 1 aromatic rings. The first-order valence-corrected chi connectivity index (χ1v) is 7.40. The van der Waals surface area contributed by atoms with Crippen molar-refractivity contribution in [3.63, 3.8) is 0 Å². The van der Waals surface area contributed by atoms with E-state index in [-0.39, 0.29) is 18.2 Å². The summed E-state index contributed by atoms with van der Waals surface area (Å²) < 4.78 is 11.3. The Bertz CT molecular complexity index is 584. The van der Waals surface area contributed by atoms with Crippen LogP contribution in [0.25, 0.3) is 0 Å². The maximum absolute atomic E-state index is 12.3. The Kier molecular flexibility index (Phi) is 3.57. The number of fused-ring (bicyclic) bond motifs is 2. The lowest BCUT2D eigenvalue weighted by molar-refractivity contribution is -0.127. The second kappa shape index (κ2) is 5.39. The molecule has 2 aliphatic heterocycles. The highest BCUT2D eigenvalue weighted by Gasteiger charge is 2.51. The van der Waals surface area contributed by atoms with Gasteiger partial charge in [-0.1, -0.05) is 13.3 Å².